The van der Waals surface area contributed by atoms with E-state index in [-0.39, 0.29) is 27.9 Å². The zero-order valence-electron chi connectivity index (χ0n) is 16.7. The quantitative estimate of drug-likeness (QED) is 0.503. The third-order valence-corrected chi connectivity index (χ3v) is 7.22. The molecule has 0 saturated heterocycles. The summed E-state index contributed by atoms with van der Waals surface area (Å²) in [5.41, 5.74) is 8.08. The molecule has 0 fully saturated rings. The standard InChI is InChI=1S/C22H19ClN4O3S/c1-2-13-7-9-19(31-13)20-14(11-24)22(25)26(16-4-3-5-18(28)21(16)20)17-10-12(27(29)30)6-8-15(17)23/h6-10,20H,2-5,25H2,1H3/t20-/m1/s1. The number of nitrogens with two attached hydrogens (primary N) is 1. The number of anilines is 1. The average Bonchev–Trinajstić information content (AvgIpc) is 3.22. The molecule has 0 spiro atoms. The summed E-state index contributed by atoms with van der Waals surface area (Å²) in [6.45, 7) is 2.05. The molecule has 9 heteroatoms. The highest BCUT2D eigenvalue weighted by atomic mass is 35.5. The maximum absolute atomic E-state index is 13.1. The van der Waals surface area contributed by atoms with Gasteiger partial charge in [0.2, 0.25) is 0 Å². The number of carbonyl (C=O) groups excluding carboxylic acids is 1. The maximum Gasteiger partial charge on any atom is 0.271 e. The molecule has 0 radical (unpaired) electrons. The number of halogens is 1. The first-order chi connectivity index (χ1) is 14.9. The highest BCUT2D eigenvalue weighted by Gasteiger charge is 2.41. The summed E-state index contributed by atoms with van der Waals surface area (Å²) in [6.07, 6.45) is 2.43. The van der Waals surface area contributed by atoms with Crippen molar-refractivity contribution in [2.45, 2.75) is 38.5 Å². The second kappa shape index (κ2) is 8.17. The molecule has 31 heavy (non-hydrogen) atoms. The van der Waals surface area contributed by atoms with E-state index in [9.17, 15) is 20.2 Å². The number of allylic oxidation sites excluding steroid dienone is 3. The minimum Gasteiger partial charge on any atom is -0.384 e. The predicted molar refractivity (Wildman–Crippen MR) is 120 cm³/mol. The first-order valence-corrected chi connectivity index (χ1v) is 11.1. The number of hydrogen-bond acceptors (Lipinski definition) is 7. The Morgan fingerprint density at radius 1 is 1.35 bits per heavy atom. The molecular formula is C22H19ClN4O3S. The molecule has 1 aromatic heterocycles. The molecule has 1 aliphatic carbocycles. The Labute approximate surface area is 188 Å². The smallest absolute Gasteiger partial charge is 0.271 e. The van der Waals surface area contributed by atoms with Gasteiger partial charge in [-0.3, -0.25) is 19.8 Å². The number of non-ortho nitro benzene ring substituents is 1. The lowest BCUT2D eigenvalue weighted by molar-refractivity contribution is -0.384. The number of ketones is 1. The molecule has 1 atom stereocenters. The fourth-order valence-electron chi connectivity index (χ4n) is 4.17. The van der Waals surface area contributed by atoms with E-state index in [0.717, 1.165) is 16.2 Å². The van der Waals surface area contributed by atoms with Gasteiger partial charge in [0.15, 0.2) is 5.78 Å². The van der Waals surface area contributed by atoms with Gasteiger partial charge >= 0.3 is 0 Å². The van der Waals surface area contributed by atoms with Crippen LogP contribution in [0, 0.1) is 21.4 Å². The Morgan fingerprint density at radius 2 is 2.13 bits per heavy atom. The Kier molecular flexibility index (Phi) is 5.56. The molecule has 2 aliphatic rings. The van der Waals surface area contributed by atoms with Gasteiger partial charge in [-0.05, 0) is 37.5 Å². The summed E-state index contributed by atoms with van der Waals surface area (Å²) >= 11 is 7.97. The fraction of sp³-hybridized carbons (Fsp3) is 0.273. The topological polar surface area (TPSA) is 113 Å². The van der Waals surface area contributed by atoms with E-state index in [2.05, 4.69) is 6.07 Å². The van der Waals surface area contributed by atoms with Crippen LogP contribution in [-0.2, 0) is 11.2 Å². The first-order valence-electron chi connectivity index (χ1n) is 9.86. The number of nitrogens with zero attached hydrogens (tertiary/aromatic N) is 3. The van der Waals surface area contributed by atoms with E-state index in [1.54, 1.807) is 16.2 Å². The van der Waals surface area contributed by atoms with Gasteiger partial charge in [0.05, 0.1) is 33.2 Å². The van der Waals surface area contributed by atoms with Crippen LogP contribution in [0.25, 0.3) is 0 Å². The molecule has 0 unspecified atom stereocenters. The number of nitriles is 1. The molecule has 2 N–H and O–H groups in total. The van der Waals surface area contributed by atoms with E-state index in [4.69, 9.17) is 17.3 Å². The number of nitro groups is 1. The van der Waals surface area contributed by atoms with Crippen molar-refractivity contribution in [2.24, 2.45) is 5.73 Å². The van der Waals surface area contributed by atoms with Gasteiger partial charge < -0.3 is 5.73 Å². The van der Waals surface area contributed by atoms with Crippen LogP contribution >= 0.6 is 22.9 Å². The zero-order chi connectivity index (χ0) is 22.3. The Hall–Kier alpha value is -3.15. The summed E-state index contributed by atoms with van der Waals surface area (Å²) in [5, 5.41) is 21.6. The van der Waals surface area contributed by atoms with Crippen LogP contribution in [0.3, 0.4) is 0 Å². The molecule has 2 heterocycles. The van der Waals surface area contributed by atoms with E-state index < -0.39 is 10.8 Å². The number of thiophene rings is 1. The maximum atomic E-state index is 13.1. The Bertz CT molecular complexity index is 1210. The molecule has 0 amide bonds. The van der Waals surface area contributed by atoms with E-state index in [1.165, 1.54) is 18.2 Å². The monoisotopic (exact) mass is 454 g/mol. The molecule has 0 saturated carbocycles. The van der Waals surface area contributed by atoms with Crippen molar-refractivity contribution in [3.63, 3.8) is 0 Å². The lowest BCUT2D eigenvalue weighted by atomic mass is 9.78. The van der Waals surface area contributed by atoms with Gasteiger partial charge in [-0.2, -0.15) is 5.26 Å². The Balaban J connectivity index is 1.98. The lowest BCUT2D eigenvalue weighted by Gasteiger charge is -2.39. The van der Waals surface area contributed by atoms with Crippen molar-refractivity contribution in [3.8, 4) is 6.07 Å². The molecule has 2 aromatic rings. The number of Topliss-reactive ketones (excluding diaryl/α,β-unsaturated/α-hetero) is 1. The summed E-state index contributed by atoms with van der Waals surface area (Å²) in [6, 6.07) is 10.2. The SMILES string of the molecule is CCc1ccc([C@H]2C(C#N)=C(N)N(c3cc([N+](=O)[O-])ccc3Cl)C3=C2C(=O)CCC3)s1. The highest BCUT2D eigenvalue weighted by molar-refractivity contribution is 7.12. The first kappa shape index (κ1) is 21.1. The number of carbonyl (C=O) groups is 1. The van der Waals surface area contributed by atoms with Crippen LogP contribution in [0.4, 0.5) is 11.4 Å². The molecular weight excluding hydrogens is 436 g/mol. The van der Waals surface area contributed by atoms with Crippen molar-refractivity contribution in [1.82, 2.24) is 0 Å². The van der Waals surface area contributed by atoms with Gasteiger partial charge in [0.1, 0.15) is 5.82 Å². The largest absolute Gasteiger partial charge is 0.384 e. The lowest BCUT2D eigenvalue weighted by Crippen LogP contribution is -2.38. The Morgan fingerprint density at radius 3 is 2.77 bits per heavy atom. The fourth-order valence-corrected chi connectivity index (χ4v) is 5.45. The van der Waals surface area contributed by atoms with Crippen molar-refractivity contribution >= 4 is 40.1 Å². The van der Waals surface area contributed by atoms with Crippen LogP contribution in [0.5, 0.6) is 0 Å². The van der Waals surface area contributed by atoms with Gasteiger partial charge in [0, 0.05) is 39.6 Å². The second-order valence-corrected chi connectivity index (χ2v) is 8.97. The van der Waals surface area contributed by atoms with Crippen molar-refractivity contribution in [3.05, 3.63) is 77.9 Å². The molecule has 0 bridgehead atoms. The number of aryl methyl sites for hydroxylation is 1. The summed E-state index contributed by atoms with van der Waals surface area (Å²) < 4.78 is 0. The second-order valence-electron chi connectivity index (χ2n) is 7.37. The molecule has 7 nitrogen and oxygen atoms in total. The van der Waals surface area contributed by atoms with E-state index in [1.807, 2.05) is 19.1 Å². The van der Waals surface area contributed by atoms with Crippen LogP contribution < -0.4 is 10.6 Å². The van der Waals surface area contributed by atoms with E-state index >= 15 is 0 Å². The number of hydrogen-bond donors (Lipinski definition) is 1. The average molecular weight is 455 g/mol. The van der Waals surface area contributed by atoms with Crippen LogP contribution in [0.1, 0.15) is 41.9 Å². The summed E-state index contributed by atoms with van der Waals surface area (Å²) in [4.78, 5) is 27.5. The van der Waals surface area contributed by atoms with Crippen LogP contribution in [-0.4, -0.2) is 10.7 Å². The van der Waals surface area contributed by atoms with Gasteiger partial charge in [0.25, 0.3) is 5.69 Å². The number of rotatable bonds is 4. The van der Waals surface area contributed by atoms with Crippen molar-refractivity contribution < 1.29 is 9.72 Å². The van der Waals surface area contributed by atoms with Crippen LogP contribution in [0.15, 0.2) is 53.0 Å². The predicted octanol–water partition coefficient (Wildman–Crippen LogP) is 5.18. The number of nitro benzene ring substituents is 1. The molecule has 1 aliphatic heterocycles. The van der Waals surface area contributed by atoms with E-state index in [0.29, 0.717) is 36.2 Å². The van der Waals surface area contributed by atoms with Crippen LogP contribution in [0.2, 0.25) is 5.02 Å². The molecule has 1 aromatic carbocycles. The van der Waals surface area contributed by atoms with Crippen molar-refractivity contribution in [1.29, 1.82) is 5.26 Å². The summed E-state index contributed by atoms with van der Waals surface area (Å²) in [7, 11) is 0. The minimum atomic E-state index is -0.535. The zero-order valence-corrected chi connectivity index (χ0v) is 18.3. The minimum absolute atomic E-state index is 0.0375. The van der Waals surface area contributed by atoms with Gasteiger partial charge in [-0.15, -0.1) is 11.3 Å². The normalized spacial score (nSPS) is 18.8. The highest BCUT2D eigenvalue weighted by Crippen LogP contribution is 2.49. The third-order valence-electron chi connectivity index (χ3n) is 5.61. The summed E-state index contributed by atoms with van der Waals surface area (Å²) in [5.74, 6) is -0.425. The molecule has 158 valence electrons. The number of benzene rings is 1. The van der Waals surface area contributed by atoms with Crippen molar-refractivity contribution in [2.75, 3.05) is 4.90 Å². The third kappa shape index (κ3) is 3.50. The van der Waals surface area contributed by atoms with Gasteiger partial charge in [-0.25, -0.2) is 0 Å². The molecule has 4 rings (SSSR count). The van der Waals surface area contributed by atoms with Gasteiger partial charge in [-0.1, -0.05) is 18.5 Å².